The number of nitrogens with one attached hydrogen (secondary N) is 1. The van der Waals surface area contributed by atoms with E-state index >= 15 is 0 Å². The fourth-order valence-corrected chi connectivity index (χ4v) is 4.18. The zero-order chi connectivity index (χ0) is 23.5. The topological polar surface area (TPSA) is 74.8 Å². The van der Waals surface area contributed by atoms with Crippen LogP contribution in [-0.2, 0) is 9.53 Å². The first kappa shape index (κ1) is 24.1. The Hall–Kier alpha value is -2.52. The monoisotopic (exact) mass is 456 g/mol. The average Bonchev–Trinajstić information content (AvgIpc) is 2.72. The number of nitrogens with zero attached hydrogens (tertiary/aromatic N) is 3. The van der Waals surface area contributed by atoms with E-state index in [-0.39, 0.29) is 24.8 Å². The molecule has 0 aromatic carbocycles. The summed E-state index contributed by atoms with van der Waals surface area (Å²) in [4.78, 5) is 32.6. The molecule has 0 spiro atoms. The third-order valence-electron chi connectivity index (χ3n) is 5.82. The molecule has 1 aromatic heterocycles. The van der Waals surface area contributed by atoms with Crippen molar-refractivity contribution in [1.29, 1.82) is 0 Å². The highest BCUT2D eigenvalue weighted by Crippen LogP contribution is 2.41. The lowest BCUT2D eigenvalue weighted by atomic mass is 9.78. The number of amides is 2. The lowest BCUT2D eigenvalue weighted by molar-refractivity contribution is -0.197. The van der Waals surface area contributed by atoms with E-state index in [2.05, 4.69) is 15.2 Å². The second kappa shape index (κ2) is 9.54. The molecular formula is C22H31F3N4O3. The minimum atomic E-state index is -4.37. The summed E-state index contributed by atoms with van der Waals surface area (Å²) in [6.07, 6.45) is -1.80. The van der Waals surface area contributed by atoms with E-state index in [9.17, 15) is 22.8 Å². The zero-order valence-electron chi connectivity index (χ0n) is 18.7. The molecule has 0 bridgehead atoms. The molecule has 1 saturated carbocycles. The number of carbonyl (C=O) groups is 2. The normalized spacial score (nSPS) is 22.4. The summed E-state index contributed by atoms with van der Waals surface area (Å²) in [6.45, 7) is 7.69. The van der Waals surface area contributed by atoms with Gasteiger partial charge in [-0.1, -0.05) is 12.8 Å². The van der Waals surface area contributed by atoms with Crippen molar-refractivity contribution in [3.63, 3.8) is 0 Å². The Morgan fingerprint density at radius 2 is 1.72 bits per heavy atom. The molecule has 2 heterocycles. The maximum atomic E-state index is 13.3. The number of hydrogen-bond donors (Lipinski definition) is 1. The van der Waals surface area contributed by atoms with E-state index in [0.29, 0.717) is 39.0 Å². The molecule has 1 aliphatic heterocycles. The summed E-state index contributed by atoms with van der Waals surface area (Å²) in [6, 6.07) is 3.37. The molecule has 2 unspecified atom stereocenters. The van der Waals surface area contributed by atoms with Crippen LogP contribution in [0.4, 0.5) is 29.5 Å². The van der Waals surface area contributed by atoms with Crippen molar-refractivity contribution in [2.45, 2.75) is 58.2 Å². The standard InChI is InChI=1S/C22H31F3N4O3/c1-21(2,3)32-20(31)29-12-10-28(11-13-29)15-8-9-18(26-14-15)27-19(30)16-6-4-5-7-17(16)22(23,24)25/h8-9,14,16-17H,4-7,10-13H2,1-3H3,(H,26,27,30). The molecule has 2 atom stereocenters. The van der Waals surface area contributed by atoms with Gasteiger partial charge in [-0.2, -0.15) is 13.2 Å². The van der Waals surface area contributed by atoms with E-state index in [1.807, 2.05) is 20.8 Å². The Bertz CT molecular complexity index is 800. The molecule has 2 fully saturated rings. The summed E-state index contributed by atoms with van der Waals surface area (Å²) < 4.78 is 45.2. The SMILES string of the molecule is CC(C)(C)OC(=O)N1CCN(c2ccc(NC(=O)C3CCCCC3C(F)(F)F)nc2)CC1. The largest absolute Gasteiger partial charge is 0.444 e. The molecule has 0 radical (unpaired) electrons. The molecular weight excluding hydrogens is 425 g/mol. The van der Waals surface area contributed by atoms with Gasteiger partial charge in [0.1, 0.15) is 11.4 Å². The second-order valence-corrected chi connectivity index (χ2v) is 9.38. The number of alkyl halides is 3. The lowest BCUT2D eigenvalue weighted by Crippen LogP contribution is -2.50. The van der Waals surface area contributed by atoms with Crippen molar-refractivity contribution < 1.29 is 27.5 Å². The van der Waals surface area contributed by atoms with Crippen LogP contribution in [-0.4, -0.2) is 59.8 Å². The summed E-state index contributed by atoms with van der Waals surface area (Å²) >= 11 is 0. The van der Waals surface area contributed by atoms with Crippen molar-refractivity contribution in [3.8, 4) is 0 Å². The number of carbonyl (C=O) groups excluding carboxylic acids is 2. The Balaban J connectivity index is 1.54. The molecule has 2 aliphatic rings. The summed E-state index contributed by atoms with van der Waals surface area (Å²) in [5.74, 6) is -3.07. The first-order valence-electron chi connectivity index (χ1n) is 11.0. The Kier molecular flexibility index (Phi) is 7.19. The highest BCUT2D eigenvalue weighted by molar-refractivity contribution is 5.92. The number of pyridine rings is 1. The van der Waals surface area contributed by atoms with Gasteiger partial charge in [0.25, 0.3) is 0 Å². The van der Waals surface area contributed by atoms with Gasteiger partial charge in [0.15, 0.2) is 0 Å². The molecule has 3 rings (SSSR count). The van der Waals surface area contributed by atoms with E-state index in [4.69, 9.17) is 4.74 Å². The van der Waals surface area contributed by atoms with Gasteiger partial charge < -0.3 is 19.9 Å². The van der Waals surface area contributed by atoms with Crippen LogP contribution >= 0.6 is 0 Å². The molecule has 10 heteroatoms. The molecule has 178 valence electrons. The number of rotatable bonds is 3. The van der Waals surface area contributed by atoms with Gasteiger partial charge in [-0.3, -0.25) is 4.79 Å². The van der Waals surface area contributed by atoms with Crippen LogP contribution in [0.25, 0.3) is 0 Å². The molecule has 2 amide bonds. The van der Waals surface area contributed by atoms with Crippen molar-refractivity contribution in [3.05, 3.63) is 18.3 Å². The summed E-state index contributed by atoms with van der Waals surface area (Å²) in [5.41, 5.74) is 0.272. The Morgan fingerprint density at radius 1 is 1.06 bits per heavy atom. The predicted octanol–water partition coefficient (Wildman–Crippen LogP) is 4.45. The minimum absolute atomic E-state index is 0.0107. The predicted molar refractivity (Wildman–Crippen MR) is 114 cm³/mol. The maximum Gasteiger partial charge on any atom is 0.410 e. The fraction of sp³-hybridized carbons (Fsp3) is 0.682. The van der Waals surface area contributed by atoms with Crippen LogP contribution in [0.2, 0.25) is 0 Å². The van der Waals surface area contributed by atoms with Crippen LogP contribution in [0.1, 0.15) is 46.5 Å². The van der Waals surface area contributed by atoms with Gasteiger partial charge in [-0.15, -0.1) is 0 Å². The highest BCUT2D eigenvalue weighted by Gasteiger charge is 2.48. The van der Waals surface area contributed by atoms with Crippen molar-refractivity contribution >= 4 is 23.5 Å². The average molecular weight is 457 g/mol. The summed E-state index contributed by atoms with van der Waals surface area (Å²) in [5, 5.41) is 2.55. The van der Waals surface area contributed by atoms with Crippen LogP contribution in [0, 0.1) is 11.8 Å². The van der Waals surface area contributed by atoms with Crippen LogP contribution in [0.15, 0.2) is 18.3 Å². The Morgan fingerprint density at radius 3 is 2.28 bits per heavy atom. The number of halogens is 3. The van der Waals surface area contributed by atoms with Gasteiger partial charge in [-0.25, -0.2) is 9.78 Å². The van der Waals surface area contributed by atoms with Gasteiger partial charge in [-0.05, 0) is 45.7 Å². The molecule has 7 nitrogen and oxygen atoms in total. The third kappa shape index (κ3) is 6.26. The number of aromatic nitrogens is 1. The van der Waals surface area contributed by atoms with Crippen molar-refractivity contribution in [2.75, 3.05) is 36.4 Å². The van der Waals surface area contributed by atoms with Gasteiger partial charge >= 0.3 is 12.3 Å². The van der Waals surface area contributed by atoms with Crippen LogP contribution < -0.4 is 10.2 Å². The highest BCUT2D eigenvalue weighted by atomic mass is 19.4. The van der Waals surface area contributed by atoms with Crippen LogP contribution in [0.3, 0.4) is 0 Å². The van der Waals surface area contributed by atoms with Crippen molar-refractivity contribution in [1.82, 2.24) is 9.88 Å². The van der Waals surface area contributed by atoms with E-state index in [1.54, 1.807) is 23.2 Å². The molecule has 1 saturated heterocycles. The number of piperazine rings is 1. The molecule has 1 aliphatic carbocycles. The van der Waals surface area contributed by atoms with E-state index in [1.165, 1.54) is 0 Å². The zero-order valence-corrected chi connectivity index (χ0v) is 18.7. The number of hydrogen-bond acceptors (Lipinski definition) is 5. The first-order valence-corrected chi connectivity index (χ1v) is 11.0. The van der Waals surface area contributed by atoms with Gasteiger partial charge in [0.2, 0.25) is 5.91 Å². The smallest absolute Gasteiger partial charge is 0.410 e. The number of anilines is 2. The van der Waals surface area contributed by atoms with E-state index < -0.39 is 29.5 Å². The maximum absolute atomic E-state index is 13.3. The Labute approximate surface area is 186 Å². The molecule has 1 N–H and O–H groups in total. The fourth-order valence-electron chi connectivity index (χ4n) is 4.18. The van der Waals surface area contributed by atoms with Gasteiger partial charge in [0.05, 0.1) is 17.8 Å². The van der Waals surface area contributed by atoms with Crippen molar-refractivity contribution in [2.24, 2.45) is 11.8 Å². The first-order chi connectivity index (χ1) is 14.9. The lowest BCUT2D eigenvalue weighted by Gasteiger charge is -2.36. The second-order valence-electron chi connectivity index (χ2n) is 9.38. The third-order valence-corrected chi connectivity index (χ3v) is 5.82. The molecule has 32 heavy (non-hydrogen) atoms. The minimum Gasteiger partial charge on any atom is -0.444 e. The molecule has 1 aromatic rings. The van der Waals surface area contributed by atoms with Crippen LogP contribution in [0.5, 0.6) is 0 Å². The summed E-state index contributed by atoms with van der Waals surface area (Å²) in [7, 11) is 0. The van der Waals surface area contributed by atoms with Gasteiger partial charge in [0, 0.05) is 32.1 Å². The quantitative estimate of drug-likeness (QED) is 0.728. The van der Waals surface area contributed by atoms with E-state index in [0.717, 1.165) is 5.69 Å². The number of ether oxygens (including phenoxy) is 1.